The molecule has 1 fully saturated rings. The highest BCUT2D eigenvalue weighted by Gasteiger charge is 2.32. The largest absolute Gasteiger partial charge is 0.360 e. The maximum absolute atomic E-state index is 12.7. The predicted molar refractivity (Wildman–Crippen MR) is 117 cm³/mol. The molecular formula is C22H26N4O2S. The van der Waals surface area contributed by atoms with Crippen LogP contribution in [0.15, 0.2) is 35.8 Å². The normalized spacial score (nSPS) is 15.6. The van der Waals surface area contributed by atoms with Crippen molar-refractivity contribution in [2.45, 2.75) is 33.6 Å². The lowest BCUT2D eigenvalue weighted by Crippen LogP contribution is -2.45. The van der Waals surface area contributed by atoms with Gasteiger partial charge in [0.1, 0.15) is 0 Å². The maximum Gasteiger partial charge on any atom is 0.229 e. The summed E-state index contributed by atoms with van der Waals surface area (Å²) in [5.74, 6) is 0.0618. The van der Waals surface area contributed by atoms with E-state index in [1.807, 2.05) is 55.4 Å². The number of thiazole rings is 1. The molecule has 1 aromatic carbocycles. The lowest BCUT2D eigenvalue weighted by atomic mass is 9.91. The minimum atomic E-state index is -0.380. The number of likely N-dealkylation sites (tertiary alicyclic amines) is 1. The molecule has 4 rings (SSSR count). The van der Waals surface area contributed by atoms with Crippen molar-refractivity contribution in [3.05, 3.63) is 35.8 Å². The number of aromatic nitrogens is 2. The molecule has 0 bridgehead atoms. The van der Waals surface area contributed by atoms with Crippen molar-refractivity contribution in [2.24, 2.45) is 11.3 Å². The molecule has 1 aliphatic rings. The zero-order chi connectivity index (χ0) is 20.6. The third-order valence-electron chi connectivity index (χ3n) is 5.39. The number of amides is 2. The van der Waals surface area contributed by atoms with Gasteiger partial charge >= 0.3 is 0 Å². The van der Waals surface area contributed by atoms with Crippen molar-refractivity contribution < 1.29 is 9.59 Å². The molecular weight excluding hydrogens is 384 g/mol. The minimum absolute atomic E-state index is 0.00677. The van der Waals surface area contributed by atoms with E-state index in [1.54, 1.807) is 0 Å². The summed E-state index contributed by atoms with van der Waals surface area (Å²) in [4.78, 5) is 34.9. The Morgan fingerprint density at radius 1 is 1.21 bits per heavy atom. The van der Waals surface area contributed by atoms with E-state index in [9.17, 15) is 9.59 Å². The molecule has 0 unspecified atom stereocenters. The quantitative estimate of drug-likeness (QED) is 0.667. The van der Waals surface area contributed by atoms with Crippen LogP contribution < -0.4 is 5.32 Å². The molecule has 0 spiro atoms. The number of carbonyl (C=O) groups excluding carboxylic acids is 2. The number of anilines is 1. The van der Waals surface area contributed by atoms with Crippen LogP contribution in [0.5, 0.6) is 0 Å². The third-order valence-corrected chi connectivity index (χ3v) is 6.15. The van der Waals surface area contributed by atoms with E-state index in [4.69, 9.17) is 0 Å². The van der Waals surface area contributed by atoms with Gasteiger partial charge in [-0.05, 0) is 18.9 Å². The molecule has 3 heterocycles. The number of aromatic amines is 1. The number of carbonyl (C=O) groups is 2. The van der Waals surface area contributed by atoms with Crippen molar-refractivity contribution in [2.75, 3.05) is 18.4 Å². The van der Waals surface area contributed by atoms with Crippen LogP contribution >= 0.6 is 11.3 Å². The fourth-order valence-corrected chi connectivity index (χ4v) is 4.48. The first-order chi connectivity index (χ1) is 13.8. The first-order valence-electron chi connectivity index (χ1n) is 9.95. The molecule has 29 heavy (non-hydrogen) atoms. The standard InChI is InChI=1S/C22H26N4O2S/c1-22(2,3)20(28)26-10-8-14(9-11-26)19(27)25-21-24-18(13-29-21)16-12-23-17-7-5-4-6-15(16)17/h4-7,12-14,23H,8-11H2,1-3H3,(H,24,25,27). The van der Waals surface area contributed by atoms with Crippen molar-refractivity contribution in [1.29, 1.82) is 0 Å². The Kier molecular flexibility index (Phi) is 5.17. The highest BCUT2D eigenvalue weighted by atomic mass is 32.1. The van der Waals surface area contributed by atoms with Gasteiger partial charge in [-0.15, -0.1) is 11.3 Å². The lowest BCUT2D eigenvalue weighted by Gasteiger charge is -2.35. The number of benzene rings is 1. The van der Waals surface area contributed by atoms with E-state index in [1.165, 1.54) is 11.3 Å². The van der Waals surface area contributed by atoms with Gasteiger partial charge in [-0.1, -0.05) is 39.0 Å². The second-order valence-corrected chi connectivity index (χ2v) is 9.45. The number of H-pyrrole nitrogens is 1. The molecule has 0 saturated carbocycles. The molecule has 2 aromatic heterocycles. The lowest BCUT2D eigenvalue weighted by molar-refractivity contribution is -0.142. The van der Waals surface area contributed by atoms with Crippen LogP contribution in [0.2, 0.25) is 0 Å². The van der Waals surface area contributed by atoms with Gasteiger partial charge in [0.25, 0.3) is 0 Å². The molecule has 1 saturated heterocycles. The van der Waals surface area contributed by atoms with E-state index in [0.29, 0.717) is 31.1 Å². The van der Waals surface area contributed by atoms with E-state index < -0.39 is 0 Å². The average molecular weight is 411 g/mol. The molecule has 2 amide bonds. The molecule has 152 valence electrons. The number of hydrogen-bond acceptors (Lipinski definition) is 4. The van der Waals surface area contributed by atoms with Gasteiger partial charge in [0.2, 0.25) is 11.8 Å². The molecule has 0 radical (unpaired) electrons. The van der Waals surface area contributed by atoms with Gasteiger partial charge in [0.15, 0.2) is 5.13 Å². The van der Waals surface area contributed by atoms with E-state index in [0.717, 1.165) is 22.2 Å². The molecule has 7 heteroatoms. The van der Waals surface area contributed by atoms with Crippen molar-refractivity contribution in [3.63, 3.8) is 0 Å². The Bertz CT molecular complexity index is 1040. The Morgan fingerprint density at radius 2 is 1.93 bits per heavy atom. The van der Waals surface area contributed by atoms with Gasteiger partial charge < -0.3 is 15.2 Å². The zero-order valence-electron chi connectivity index (χ0n) is 17.0. The van der Waals surface area contributed by atoms with Gasteiger partial charge in [0, 0.05) is 52.5 Å². The first kappa shape index (κ1) is 19.6. The Balaban J connectivity index is 1.38. The number of nitrogens with one attached hydrogen (secondary N) is 2. The summed E-state index contributed by atoms with van der Waals surface area (Å²) >= 11 is 1.44. The Hall–Kier alpha value is -2.67. The van der Waals surface area contributed by atoms with Crippen molar-refractivity contribution in [3.8, 4) is 11.3 Å². The van der Waals surface area contributed by atoms with Crippen molar-refractivity contribution in [1.82, 2.24) is 14.9 Å². The number of para-hydroxylation sites is 1. The maximum atomic E-state index is 12.7. The topological polar surface area (TPSA) is 78.1 Å². The van der Waals surface area contributed by atoms with Gasteiger partial charge in [-0.2, -0.15) is 0 Å². The second-order valence-electron chi connectivity index (χ2n) is 8.59. The summed E-state index contributed by atoms with van der Waals surface area (Å²) in [6.07, 6.45) is 3.33. The third kappa shape index (κ3) is 4.05. The van der Waals surface area contributed by atoms with Gasteiger partial charge in [-0.3, -0.25) is 9.59 Å². The number of fused-ring (bicyclic) bond motifs is 1. The zero-order valence-corrected chi connectivity index (χ0v) is 17.8. The summed E-state index contributed by atoms with van der Waals surface area (Å²) in [6.45, 7) is 7.06. The average Bonchev–Trinajstić information content (AvgIpc) is 3.33. The monoisotopic (exact) mass is 410 g/mol. The molecule has 6 nitrogen and oxygen atoms in total. The van der Waals surface area contributed by atoms with Gasteiger partial charge in [0.05, 0.1) is 5.69 Å². The van der Waals surface area contributed by atoms with E-state index in [2.05, 4.69) is 21.4 Å². The van der Waals surface area contributed by atoms with Crippen LogP contribution in [0.1, 0.15) is 33.6 Å². The fraction of sp³-hybridized carbons (Fsp3) is 0.409. The SMILES string of the molecule is CC(C)(C)C(=O)N1CCC(C(=O)Nc2nc(-c3c[nH]c4ccccc34)cs2)CC1. The van der Waals surface area contributed by atoms with Crippen LogP contribution in [-0.4, -0.2) is 39.8 Å². The highest BCUT2D eigenvalue weighted by molar-refractivity contribution is 7.14. The van der Waals surface area contributed by atoms with E-state index >= 15 is 0 Å². The van der Waals surface area contributed by atoms with Crippen LogP contribution in [0, 0.1) is 11.3 Å². The number of hydrogen-bond donors (Lipinski definition) is 2. The van der Waals surface area contributed by atoms with Gasteiger partial charge in [-0.25, -0.2) is 4.98 Å². The summed E-state index contributed by atoms with van der Waals surface area (Å²) in [5.41, 5.74) is 2.58. The summed E-state index contributed by atoms with van der Waals surface area (Å²) in [6, 6.07) is 8.09. The van der Waals surface area contributed by atoms with Crippen LogP contribution in [0.3, 0.4) is 0 Å². The fourth-order valence-electron chi connectivity index (χ4n) is 3.76. The Labute approximate surface area is 174 Å². The van der Waals surface area contributed by atoms with Crippen LogP contribution in [0.4, 0.5) is 5.13 Å². The number of rotatable bonds is 3. The van der Waals surface area contributed by atoms with Crippen LogP contribution in [0.25, 0.3) is 22.2 Å². The summed E-state index contributed by atoms with van der Waals surface area (Å²) in [7, 11) is 0. The number of nitrogens with zero attached hydrogens (tertiary/aromatic N) is 2. The Morgan fingerprint density at radius 3 is 2.66 bits per heavy atom. The molecule has 1 aliphatic heterocycles. The minimum Gasteiger partial charge on any atom is -0.360 e. The summed E-state index contributed by atoms with van der Waals surface area (Å²) < 4.78 is 0. The predicted octanol–water partition coefficient (Wildman–Crippen LogP) is 4.51. The smallest absolute Gasteiger partial charge is 0.229 e. The second kappa shape index (κ2) is 7.63. The van der Waals surface area contributed by atoms with Crippen LogP contribution in [-0.2, 0) is 9.59 Å². The molecule has 2 N–H and O–H groups in total. The summed E-state index contributed by atoms with van der Waals surface area (Å²) in [5, 5.41) is 6.67. The van der Waals surface area contributed by atoms with Crippen molar-refractivity contribution >= 4 is 39.2 Å². The molecule has 0 atom stereocenters. The highest BCUT2D eigenvalue weighted by Crippen LogP contribution is 2.31. The number of piperidine rings is 1. The molecule has 3 aromatic rings. The first-order valence-corrected chi connectivity index (χ1v) is 10.8. The van der Waals surface area contributed by atoms with E-state index in [-0.39, 0.29) is 23.1 Å². The molecule has 0 aliphatic carbocycles.